The molecule has 0 spiro atoms. The molecule has 3 atom stereocenters. The number of hydrogen-bond acceptors (Lipinski definition) is 5. The zero-order chi connectivity index (χ0) is 16.4. The Morgan fingerprint density at radius 1 is 1.55 bits per heavy atom. The van der Waals surface area contributed by atoms with E-state index in [1.807, 2.05) is 12.2 Å². The fourth-order valence-electron chi connectivity index (χ4n) is 3.29. The first-order valence-corrected chi connectivity index (χ1v) is 7.85. The van der Waals surface area contributed by atoms with Gasteiger partial charge >= 0.3 is 5.97 Å². The van der Waals surface area contributed by atoms with Crippen molar-refractivity contribution in [3.05, 3.63) is 12.2 Å². The van der Waals surface area contributed by atoms with Gasteiger partial charge in [-0.3, -0.25) is 4.79 Å². The molecule has 6 nitrogen and oxygen atoms in total. The van der Waals surface area contributed by atoms with E-state index in [0.29, 0.717) is 6.42 Å². The third kappa shape index (κ3) is 2.77. The van der Waals surface area contributed by atoms with Crippen LogP contribution in [0.4, 0.5) is 0 Å². The SMILES string of the molecule is CC1(C)OC(=O)[C@@]1(NC(=O)CCCO)[C@@H](O)[C@@H]1C=CCCC1. The first-order chi connectivity index (χ1) is 10.3. The minimum Gasteiger partial charge on any atom is -0.454 e. The molecular weight excluding hydrogens is 286 g/mol. The number of carbonyl (C=O) groups excluding carboxylic acids is 2. The van der Waals surface area contributed by atoms with Crippen molar-refractivity contribution in [3.63, 3.8) is 0 Å². The predicted molar refractivity (Wildman–Crippen MR) is 79.9 cm³/mol. The molecule has 1 amide bonds. The zero-order valence-electron chi connectivity index (χ0n) is 13.2. The fraction of sp³-hybridized carbons (Fsp3) is 0.750. The van der Waals surface area contributed by atoms with Gasteiger partial charge in [-0.25, -0.2) is 4.79 Å². The fourth-order valence-corrected chi connectivity index (χ4v) is 3.29. The summed E-state index contributed by atoms with van der Waals surface area (Å²) in [7, 11) is 0. The number of nitrogens with one attached hydrogen (secondary N) is 1. The highest BCUT2D eigenvalue weighted by molar-refractivity contribution is 5.95. The molecule has 2 rings (SSSR count). The van der Waals surface area contributed by atoms with Gasteiger partial charge in [0, 0.05) is 18.9 Å². The maximum atomic E-state index is 12.2. The highest BCUT2D eigenvalue weighted by Crippen LogP contribution is 2.44. The van der Waals surface area contributed by atoms with Crippen LogP contribution in [0, 0.1) is 5.92 Å². The van der Waals surface area contributed by atoms with Crippen molar-refractivity contribution in [3.8, 4) is 0 Å². The van der Waals surface area contributed by atoms with Gasteiger partial charge < -0.3 is 20.3 Å². The third-order valence-corrected chi connectivity index (χ3v) is 4.66. The van der Waals surface area contributed by atoms with Gasteiger partial charge in [-0.2, -0.15) is 0 Å². The Morgan fingerprint density at radius 2 is 2.27 bits per heavy atom. The van der Waals surface area contributed by atoms with E-state index in [4.69, 9.17) is 9.84 Å². The number of amides is 1. The van der Waals surface area contributed by atoms with E-state index in [1.54, 1.807) is 13.8 Å². The van der Waals surface area contributed by atoms with Crippen molar-refractivity contribution in [2.45, 2.75) is 63.2 Å². The second kappa shape index (κ2) is 6.38. The van der Waals surface area contributed by atoms with Gasteiger partial charge in [0.25, 0.3) is 0 Å². The molecule has 0 aromatic rings. The van der Waals surface area contributed by atoms with Gasteiger partial charge in [0.2, 0.25) is 11.4 Å². The van der Waals surface area contributed by atoms with Gasteiger partial charge in [0.1, 0.15) is 5.60 Å². The first-order valence-electron chi connectivity index (χ1n) is 7.85. The molecule has 1 aliphatic carbocycles. The molecule has 1 heterocycles. The molecule has 0 radical (unpaired) electrons. The smallest absolute Gasteiger partial charge is 0.339 e. The number of esters is 1. The second-order valence-electron chi connectivity index (χ2n) is 6.55. The summed E-state index contributed by atoms with van der Waals surface area (Å²) in [4.78, 5) is 24.3. The molecule has 124 valence electrons. The van der Waals surface area contributed by atoms with Gasteiger partial charge in [-0.15, -0.1) is 0 Å². The molecule has 3 N–H and O–H groups in total. The molecular formula is C16H25NO5. The first kappa shape index (κ1) is 17.0. The van der Waals surface area contributed by atoms with Crippen LogP contribution in [0.1, 0.15) is 46.0 Å². The second-order valence-corrected chi connectivity index (χ2v) is 6.55. The van der Waals surface area contributed by atoms with E-state index in [9.17, 15) is 14.7 Å². The lowest BCUT2D eigenvalue weighted by Crippen LogP contribution is -2.82. The van der Waals surface area contributed by atoms with Crippen LogP contribution in [-0.2, 0) is 14.3 Å². The number of aliphatic hydroxyl groups excluding tert-OH is 2. The quantitative estimate of drug-likeness (QED) is 0.495. The van der Waals surface area contributed by atoms with Crippen molar-refractivity contribution in [2.75, 3.05) is 6.61 Å². The Kier molecular flexibility index (Phi) is 4.92. The molecule has 1 saturated heterocycles. The summed E-state index contributed by atoms with van der Waals surface area (Å²) < 4.78 is 5.17. The maximum absolute atomic E-state index is 12.2. The topological polar surface area (TPSA) is 95.9 Å². The van der Waals surface area contributed by atoms with Crippen LogP contribution in [0.15, 0.2) is 12.2 Å². The molecule has 0 bridgehead atoms. The van der Waals surface area contributed by atoms with Crippen LogP contribution >= 0.6 is 0 Å². The van der Waals surface area contributed by atoms with E-state index in [2.05, 4.69) is 5.32 Å². The number of ether oxygens (including phenoxy) is 1. The van der Waals surface area contributed by atoms with Crippen LogP contribution in [-0.4, -0.2) is 45.9 Å². The molecule has 0 unspecified atom stereocenters. The molecule has 0 aromatic heterocycles. The van der Waals surface area contributed by atoms with Crippen molar-refractivity contribution in [1.29, 1.82) is 0 Å². The molecule has 0 aromatic carbocycles. The largest absolute Gasteiger partial charge is 0.454 e. The molecule has 22 heavy (non-hydrogen) atoms. The highest BCUT2D eigenvalue weighted by atomic mass is 16.6. The standard InChI is InChI=1S/C16H25NO5/c1-15(2)16(14(21)22-15,17-12(19)9-6-10-18)13(20)11-7-4-3-5-8-11/h4,7,11,13,18,20H,3,5-6,8-10H2,1-2H3,(H,17,19)/t11-,13+,16+/m1/s1. The summed E-state index contributed by atoms with van der Waals surface area (Å²) in [5.74, 6) is -1.14. The van der Waals surface area contributed by atoms with Crippen LogP contribution < -0.4 is 5.32 Å². The lowest BCUT2D eigenvalue weighted by atomic mass is 9.67. The average Bonchev–Trinajstić information content (AvgIpc) is 2.50. The Labute approximate surface area is 130 Å². The Morgan fingerprint density at radius 3 is 2.77 bits per heavy atom. The molecule has 1 aliphatic heterocycles. The summed E-state index contributed by atoms with van der Waals surface area (Å²) in [6.07, 6.45) is 5.99. The lowest BCUT2D eigenvalue weighted by Gasteiger charge is -2.56. The Hall–Kier alpha value is -1.40. The summed E-state index contributed by atoms with van der Waals surface area (Å²) in [5.41, 5.74) is -2.39. The number of allylic oxidation sites excluding steroid dienone is 1. The average molecular weight is 311 g/mol. The maximum Gasteiger partial charge on any atom is 0.339 e. The number of hydrogen-bond donors (Lipinski definition) is 3. The van der Waals surface area contributed by atoms with Crippen molar-refractivity contribution in [2.24, 2.45) is 5.92 Å². The van der Waals surface area contributed by atoms with Crippen molar-refractivity contribution in [1.82, 2.24) is 5.32 Å². The van der Waals surface area contributed by atoms with Crippen LogP contribution in [0.25, 0.3) is 0 Å². The summed E-state index contributed by atoms with van der Waals surface area (Å²) >= 11 is 0. The number of aliphatic hydroxyl groups is 2. The van der Waals surface area contributed by atoms with Gasteiger partial charge in [-0.1, -0.05) is 12.2 Å². The molecule has 0 saturated carbocycles. The van der Waals surface area contributed by atoms with E-state index in [-0.39, 0.29) is 24.9 Å². The minimum absolute atomic E-state index is 0.0951. The molecule has 2 aliphatic rings. The zero-order valence-corrected chi connectivity index (χ0v) is 13.2. The van der Waals surface area contributed by atoms with Crippen LogP contribution in [0.3, 0.4) is 0 Å². The number of rotatable bonds is 6. The highest BCUT2D eigenvalue weighted by Gasteiger charge is 2.69. The number of cyclic esters (lactones) is 1. The van der Waals surface area contributed by atoms with Crippen molar-refractivity contribution < 1.29 is 24.5 Å². The predicted octanol–water partition coefficient (Wildman–Crippen LogP) is 0.666. The van der Waals surface area contributed by atoms with Gasteiger partial charge in [0.15, 0.2) is 0 Å². The van der Waals surface area contributed by atoms with E-state index >= 15 is 0 Å². The van der Waals surface area contributed by atoms with E-state index in [1.165, 1.54) is 0 Å². The van der Waals surface area contributed by atoms with E-state index in [0.717, 1.165) is 19.3 Å². The van der Waals surface area contributed by atoms with Crippen LogP contribution in [0.2, 0.25) is 0 Å². The minimum atomic E-state index is -1.42. The summed E-state index contributed by atoms with van der Waals surface area (Å²) in [5, 5.41) is 22.3. The monoisotopic (exact) mass is 311 g/mol. The van der Waals surface area contributed by atoms with Crippen molar-refractivity contribution >= 4 is 11.9 Å². The number of carbonyl (C=O) groups is 2. The van der Waals surface area contributed by atoms with Crippen LogP contribution in [0.5, 0.6) is 0 Å². The Balaban J connectivity index is 2.22. The summed E-state index contributed by atoms with van der Waals surface area (Å²) in [6, 6.07) is 0. The third-order valence-electron chi connectivity index (χ3n) is 4.66. The van der Waals surface area contributed by atoms with E-state index < -0.39 is 23.2 Å². The summed E-state index contributed by atoms with van der Waals surface area (Å²) in [6.45, 7) is 3.29. The Bertz CT molecular complexity index is 473. The normalized spacial score (nSPS) is 31.1. The van der Waals surface area contributed by atoms with Gasteiger partial charge in [0.05, 0.1) is 6.10 Å². The lowest BCUT2D eigenvalue weighted by molar-refractivity contribution is -0.236. The van der Waals surface area contributed by atoms with Gasteiger partial charge in [-0.05, 0) is 39.5 Å². The molecule has 6 heteroatoms. The molecule has 1 fully saturated rings.